The van der Waals surface area contributed by atoms with E-state index >= 15 is 0 Å². The van der Waals surface area contributed by atoms with Gasteiger partial charge in [0, 0.05) is 18.7 Å². The summed E-state index contributed by atoms with van der Waals surface area (Å²) in [4.78, 5) is 22.2. The van der Waals surface area contributed by atoms with Gasteiger partial charge in [-0.25, -0.2) is 13.8 Å². The zero-order valence-corrected chi connectivity index (χ0v) is 18.4. The number of halogens is 2. The van der Waals surface area contributed by atoms with Crippen LogP contribution in [0.15, 0.2) is 22.7 Å². The summed E-state index contributed by atoms with van der Waals surface area (Å²) in [6, 6.07) is 3.01. The third-order valence-corrected chi connectivity index (χ3v) is 5.31. The molecule has 0 bridgehead atoms. The first-order chi connectivity index (χ1) is 15.1. The molecule has 1 aliphatic heterocycles. The normalized spacial score (nSPS) is 15.2. The molecule has 0 unspecified atom stereocenters. The second kappa shape index (κ2) is 8.42. The molecule has 0 fully saturated rings. The average Bonchev–Trinajstić information content (AvgIpc) is 3.22. The van der Waals surface area contributed by atoms with Crippen molar-refractivity contribution in [2.45, 2.75) is 53.3 Å². The van der Waals surface area contributed by atoms with E-state index in [4.69, 9.17) is 9.26 Å². The smallest absolute Gasteiger partial charge is 0.272 e. The molecule has 1 aliphatic rings. The van der Waals surface area contributed by atoms with Crippen molar-refractivity contribution in [3.8, 4) is 11.4 Å². The number of benzene rings is 1. The molecule has 2 aromatic heterocycles. The van der Waals surface area contributed by atoms with Crippen molar-refractivity contribution < 1.29 is 22.8 Å². The van der Waals surface area contributed by atoms with Crippen LogP contribution < -0.4 is 5.32 Å². The summed E-state index contributed by atoms with van der Waals surface area (Å²) in [7, 11) is 0. The van der Waals surface area contributed by atoms with Crippen LogP contribution in [0.5, 0.6) is 0 Å². The highest BCUT2D eigenvalue weighted by Gasteiger charge is 2.35. The van der Waals surface area contributed by atoms with Crippen molar-refractivity contribution in [3.05, 3.63) is 52.9 Å². The number of carbonyl (C=O) groups is 1. The zero-order valence-electron chi connectivity index (χ0n) is 18.4. The molecule has 0 aliphatic carbocycles. The summed E-state index contributed by atoms with van der Waals surface area (Å²) in [5.41, 5.74) is 0.697. The van der Waals surface area contributed by atoms with E-state index in [1.807, 2.05) is 25.3 Å². The van der Waals surface area contributed by atoms with Gasteiger partial charge in [-0.3, -0.25) is 4.79 Å². The summed E-state index contributed by atoms with van der Waals surface area (Å²) in [6.07, 6.45) is 0.701. The summed E-state index contributed by atoms with van der Waals surface area (Å²) >= 11 is 0. The number of carbonyl (C=O) groups excluding carboxylic acids is 1. The Morgan fingerprint density at radius 1 is 1.22 bits per heavy atom. The number of nitrogens with one attached hydrogen (secondary N) is 1. The van der Waals surface area contributed by atoms with Gasteiger partial charge in [-0.2, -0.15) is 4.98 Å². The van der Waals surface area contributed by atoms with E-state index in [0.29, 0.717) is 48.4 Å². The van der Waals surface area contributed by atoms with E-state index in [2.05, 4.69) is 20.4 Å². The van der Waals surface area contributed by atoms with Crippen LogP contribution in [0.25, 0.3) is 11.4 Å². The second-order valence-electron chi connectivity index (χ2n) is 8.87. The molecule has 1 atom stereocenters. The fraction of sp³-hybridized carbons (Fsp3) is 0.455. The number of amides is 1. The molecule has 10 heteroatoms. The molecular weight excluding hydrogens is 420 g/mol. The maximum atomic E-state index is 13.9. The number of rotatable bonds is 4. The first kappa shape index (κ1) is 22.1. The van der Waals surface area contributed by atoms with Crippen LogP contribution in [0, 0.1) is 24.0 Å². The first-order valence-electron chi connectivity index (χ1n) is 10.4. The van der Waals surface area contributed by atoms with Crippen molar-refractivity contribution in [2.75, 3.05) is 6.61 Å². The van der Waals surface area contributed by atoms with Crippen molar-refractivity contribution in [1.82, 2.24) is 25.0 Å². The molecule has 8 nitrogen and oxygen atoms in total. The fourth-order valence-electron chi connectivity index (χ4n) is 3.68. The van der Waals surface area contributed by atoms with Gasteiger partial charge in [-0.05, 0) is 37.0 Å². The number of imidazole rings is 1. The number of hydrogen-bond donors (Lipinski definition) is 1. The van der Waals surface area contributed by atoms with Gasteiger partial charge in [-0.15, -0.1) is 0 Å². The lowest BCUT2D eigenvalue weighted by Crippen LogP contribution is -2.37. The Morgan fingerprint density at radius 2 is 2.00 bits per heavy atom. The Morgan fingerprint density at radius 3 is 2.66 bits per heavy atom. The molecule has 1 aromatic carbocycles. The molecule has 170 valence electrons. The van der Waals surface area contributed by atoms with Gasteiger partial charge in [0.15, 0.2) is 23.2 Å². The standard InChI is InChI=1S/C22H25F2N5O3/c1-12-25-21(32-28-12)18(22(2,3)4)27-20(30)17-16-11-31-9-5-8-29(16)19(26-17)13-6-7-14(23)15(24)10-13/h6-7,10,18H,5,8-9,11H2,1-4H3,(H,27,30)/t18-/m1/s1. The SMILES string of the molecule is Cc1noc([C@@H](NC(=O)c2nc(-c3ccc(F)c(F)c3)n3c2COCCC3)C(C)(C)C)n1. The lowest BCUT2D eigenvalue weighted by molar-refractivity contribution is 0.0866. The average molecular weight is 445 g/mol. The van der Waals surface area contributed by atoms with E-state index in [1.165, 1.54) is 6.07 Å². The minimum Gasteiger partial charge on any atom is -0.375 e. The van der Waals surface area contributed by atoms with Crippen molar-refractivity contribution in [3.63, 3.8) is 0 Å². The van der Waals surface area contributed by atoms with E-state index in [0.717, 1.165) is 12.1 Å². The topological polar surface area (TPSA) is 95.1 Å². The lowest BCUT2D eigenvalue weighted by Gasteiger charge is -2.28. The Labute approximate surface area is 184 Å². The summed E-state index contributed by atoms with van der Waals surface area (Å²) < 4.78 is 40.2. The Hall–Kier alpha value is -3.14. The molecule has 0 saturated carbocycles. The third-order valence-electron chi connectivity index (χ3n) is 5.31. The number of aromatic nitrogens is 4. The Balaban J connectivity index is 1.74. The van der Waals surface area contributed by atoms with Crippen LogP contribution in [-0.4, -0.2) is 32.2 Å². The van der Waals surface area contributed by atoms with Crippen LogP contribution in [0.4, 0.5) is 8.78 Å². The van der Waals surface area contributed by atoms with Gasteiger partial charge in [0.25, 0.3) is 5.91 Å². The molecular formula is C22H25F2N5O3. The zero-order chi connectivity index (χ0) is 23.0. The number of nitrogens with zero attached hydrogens (tertiary/aromatic N) is 4. The maximum absolute atomic E-state index is 13.9. The predicted octanol–water partition coefficient (Wildman–Crippen LogP) is 3.96. The Bertz CT molecular complexity index is 1150. The highest BCUT2D eigenvalue weighted by atomic mass is 19.2. The minimum atomic E-state index is -0.977. The summed E-state index contributed by atoms with van der Waals surface area (Å²) in [5.74, 6) is -1.21. The molecule has 1 N–H and O–H groups in total. The number of ether oxygens (including phenoxy) is 1. The molecule has 0 spiro atoms. The number of fused-ring (bicyclic) bond motifs is 1. The van der Waals surface area contributed by atoms with Crippen molar-refractivity contribution in [2.24, 2.45) is 5.41 Å². The summed E-state index contributed by atoms with van der Waals surface area (Å²) in [5, 5.41) is 6.79. The van der Waals surface area contributed by atoms with Gasteiger partial charge in [0.2, 0.25) is 5.89 Å². The molecule has 32 heavy (non-hydrogen) atoms. The minimum absolute atomic E-state index is 0.164. The van der Waals surface area contributed by atoms with Crippen molar-refractivity contribution in [1.29, 1.82) is 0 Å². The van der Waals surface area contributed by atoms with Gasteiger partial charge in [-0.1, -0.05) is 25.9 Å². The second-order valence-corrected chi connectivity index (χ2v) is 8.87. The highest BCUT2D eigenvalue weighted by Crippen LogP contribution is 2.33. The van der Waals surface area contributed by atoms with E-state index in [-0.39, 0.29) is 12.3 Å². The molecule has 0 saturated heterocycles. The largest absolute Gasteiger partial charge is 0.375 e. The lowest BCUT2D eigenvalue weighted by atomic mass is 9.86. The van der Waals surface area contributed by atoms with Crippen LogP contribution in [-0.2, 0) is 17.9 Å². The molecule has 3 heterocycles. The quantitative estimate of drug-likeness (QED) is 0.653. The van der Waals surface area contributed by atoms with Crippen LogP contribution in [0.2, 0.25) is 0 Å². The van der Waals surface area contributed by atoms with E-state index in [9.17, 15) is 13.6 Å². The summed E-state index contributed by atoms with van der Waals surface area (Å²) in [6.45, 7) is 8.78. The van der Waals surface area contributed by atoms with E-state index < -0.39 is 29.0 Å². The van der Waals surface area contributed by atoms with Gasteiger partial charge >= 0.3 is 0 Å². The molecule has 3 aromatic rings. The molecule has 0 radical (unpaired) electrons. The first-order valence-corrected chi connectivity index (χ1v) is 10.4. The van der Waals surface area contributed by atoms with Gasteiger partial charge in [0.05, 0.1) is 12.3 Å². The number of hydrogen-bond acceptors (Lipinski definition) is 6. The van der Waals surface area contributed by atoms with Gasteiger partial charge < -0.3 is 19.1 Å². The third kappa shape index (κ3) is 4.27. The van der Waals surface area contributed by atoms with Crippen LogP contribution in [0.1, 0.15) is 61.1 Å². The van der Waals surface area contributed by atoms with Crippen molar-refractivity contribution >= 4 is 5.91 Å². The highest BCUT2D eigenvalue weighted by molar-refractivity contribution is 5.94. The monoisotopic (exact) mass is 445 g/mol. The van der Waals surface area contributed by atoms with Gasteiger partial charge in [0.1, 0.15) is 11.9 Å². The predicted molar refractivity (Wildman–Crippen MR) is 111 cm³/mol. The van der Waals surface area contributed by atoms with Crippen LogP contribution >= 0.6 is 0 Å². The Kier molecular flexibility index (Phi) is 5.81. The molecule has 4 rings (SSSR count). The van der Waals surface area contributed by atoms with Crippen LogP contribution in [0.3, 0.4) is 0 Å². The molecule has 1 amide bonds. The maximum Gasteiger partial charge on any atom is 0.272 e. The van der Waals surface area contributed by atoms with E-state index in [1.54, 1.807) is 6.92 Å². The fourth-order valence-corrected chi connectivity index (χ4v) is 3.68. The number of aryl methyl sites for hydroxylation is 1.